The van der Waals surface area contributed by atoms with E-state index in [9.17, 15) is 4.79 Å². The molecule has 6 heteroatoms. The fourth-order valence-electron chi connectivity index (χ4n) is 2.74. The maximum Gasteiger partial charge on any atom is 0.257 e. The molecule has 0 saturated carbocycles. The number of pyridine rings is 1. The summed E-state index contributed by atoms with van der Waals surface area (Å²) in [7, 11) is 0. The molecule has 0 aliphatic heterocycles. The van der Waals surface area contributed by atoms with E-state index < -0.39 is 0 Å². The Morgan fingerprint density at radius 1 is 1.27 bits per heavy atom. The van der Waals surface area contributed by atoms with Gasteiger partial charge in [-0.3, -0.25) is 9.78 Å². The van der Waals surface area contributed by atoms with Crippen molar-refractivity contribution in [3.63, 3.8) is 0 Å². The van der Waals surface area contributed by atoms with Crippen molar-refractivity contribution in [1.82, 2.24) is 19.9 Å². The molecule has 5 nitrogen and oxygen atoms in total. The van der Waals surface area contributed by atoms with Crippen molar-refractivity contribution in [1.29, 1.82) is 0 Å². The Bertz CT molecular complexity index is 863. The van der Waals surface area contributed by atoms with E-state index in [4.69, 9.17) is 0 Å². The predicted molar refractivity (Wildman–Crippen MR) is 104 cm³/mol. The molecule has 0 aliphatic carbocycles. The zero-order valence-corrected chi connectivity index (χ0v) is 16.0. The Labute approximate surface area is 157 Å². The van der Waals surface area contributed by atoms with Crippen LogP contribution < -0.4 is 0 Å². The lowest BCUT2D eigenvalue weighted by atomic mass is 10.1. The molecular formula is C20H22N4OS. The van der Waals surface area contributed by atoms with Crippen LogP contribution in [0.5, 0.6) is 0 Å². The number of hydrogen-bond donors (Lipinski definition) is 0. The Balaban J connectivity index is 1.86. The lowest BCUT2D eigenvalue weighted by Gasteiger charge is -2.25. The molecule has 0 aliphatic rings. The summed E-state index contributed by atoms with van der Waals surface area (Å²) in [5.74, 6) is 0.939. The minimum absolute atomic E-state index is 0.0277. The zero-order valence-electron chi connectivity index (χ0n) is 15.2. The van der Waals surface area contributed by atoms with Crippen LogP contribution in [-0.4, -0.2) is 32.3 Å². The number of aryl methyl sites for hydroxylation is 1. The first-order valence-electron chi connectivity index (χ1n) is 8.59. The van der Waals surface area contributed by atoms with Gasteiger partial charge in [-0.05, 0) is 47.4 Å². The second kappa shape index (κ2) is 8.19. The summed E-state index contributed by atoms with van der Waals surface area (Å²) >= 11 is 1.64. The number of rotatable bonds is 6. The quantitative estimate of drug-likeness (QED) is 0.656. The van der Waals surface area contributed by atoms with E-state index in [0.29, 0.717) is 36.1 Å². The second-order valence-corrected chi connectivity index (χ2v) is 7.43. The van der Waals surface area contributed by atoms with Crippen LogP contribution in [0.2, 0.25) is 0 Å². The highest BCUT2D eigenvalue weighted by Crippen LogP contribution is 2.18. The van der Waals surface area contributed by atoms with Crippen molar-refractivity contribution in [2.24, 2.45) is 5.92 Å². The molecule has 3 heterocycles. The van der Waals surface area contributed by atoms with Gasteiger partial charge in [0.2, 0.25) is 0 Å². The molecule has 3 aromatic heterocycles. The highest BCUT2D eigenvalue weighted by molar-refractivity contribution is 7.07. The molecule has 0 spiro atoms. The van der Waals surface area contributed by atoms with E-state index in [-0.39, 0.29) is 5.91 Å². The van der Waals surface area contributed by atoms with Gasteiger partial charge in [0, 0.05) is 37.2 Å². The largest absolute Gasteiger partial charge is 0.334 e. The first kappa shape index (κ1) is 18.2. The van der Waals surface area contributed by atoms with Crippen molar-refractivity contribution in [3.05, 3.63) is 64.4 Å². The zero-order chi connectivity index (χ0) is 18.5. The molecule has 26 heavy (non-hydrogen) atoms. The van der Waals surface area contributed by atoms with Crippen LogP contribution in [-0.2, 0) is 6.54 Å². The SMILES string of the molecule is Cc1nc(-c2cccnc2)ncc1C(=O)N(Cc1ccsc1)CC(C)C. The molecule has 3 rings (SSSR count). The summed E-state index contributed by atoms with van der Waals surface area (Å²) in [6.45, 7) is 7.38. The van der Waals surface area contributed by atoms with Gasteiger partial charge in [-0.15, -0.1) is 0 Å². The van der Waals surface area contributed by atoms with Gasteiger partial charge in [0.05, 0.1) is 11.3 Å². The fourth-order valence-corrected chi connectivity index (χ4v) is 3.40. The lowest BCUT2D eigenvalue weighted by molar-refractivity contribution is 0.0721. The summed E-state index contributed by atoms with van der Waals surface area (Å²) in [5.41, 5.74) is 3.22. The third-order valence-corrected chi connectivity index (χ3v) is 4.69. The van der Waals surface area contributed by atoms with Gasteiger partial charge in [0.25, 0.3) is 5.91 Å². The Morgan fingerprint density at radius 3 is 2.73 bits per heavy atom. The maximum absolute atomic E-state index is 13.1. The first-order valence-corrected chi connectivity index (χ1v) is 9.53. The molecule has 0 fully saturated rings. The molecule has 0 saturated heterocycles. The van der Waals surface area contributed by atoms with Gasteiger partial charge in [-0.1, -0.05) is 13.8 Å². The van der Waals surface area contributed by atoms with E-state index in [2.05, 4.69) is 40.2 Å². The van der Waals surface area contributed by atoms with Crippen molar-refractivity contribution in [3.8, 4) is 11.4 Å². The molecule has 0 radical (unpaired) electrons. The molecule has 0 unspecified atom stereocenters. The number of amides is 1. The van der Waals surface area contributed by atoms with Crippen LogP contribution in [0, 0.1) is 12.8 Å². The lowest BCUT2D eigenvalue weighted by Crippen LogP contribution is -2.34. The van der Waals surface area contributed by atoms with Crippen LogP contribution in [0.15, 0.2) is 47.5 Å². The van der Waals surface area contributed by atoms with Gasteiger partial charge in [0.1, 0.15) is 0 Å². The highest BCUT2D eigenvalue weighted by atomic mass is 32.1. The average molecular weight is 366 g/mol. The van der Waals surface area contributed by atoms with E-state index in [0.717, 1.165) is 11.1 Å². The third kappa shape index (κ3) is 4.32. The second-order valence-electron chi connectivity index (χ2n) is 6.65. The summed E-state index contributed by atoms with van der Waals surface area (Å²) in [6, 6.07) is 5.81. The molecular weight excluding hydrogens is 344 g/mol. The average Bonchev–Trinajstić information content (AvgIpc) is 3.14. The number of hydrogen-bond acceptors (Lipinski definition) is 5. The normalized spacial score (nSPS) is 10.9. The van der Waals surface area contributed by atoms with E-state index in [1.807, 2.05) is 29.3 Å². The van der Waals surface area contributed by atoms with E-state index in [1.165, 1.54) is 0 Å². The Kier molecular flexibility index (Phi) is 5.73. The van der Waals surface area contributed by atoms with Gasteiger partial charge in [-0.25, -0.2) is 9.97 Å². The molecule has 0 N–H and O–H groups in total. The molecule has 3 aromatic rings. The number of aromatic nitrogens is 3. The first-order chi connectivity index (χ1) is 12.5. The van der Waals surface area contributed by atoms with Gasteiger partial charge in [-0.2, -0.15) is 11.3 Å². The Hall–Kier alpha value is -2.60. The van der Waals surface area contributed by atoms with Gasteiger partial charge >= 0.3 is 0 Å². The molecule has 1 amide bonds. The van der Waals surface area contributed by atoms with Gasteiger partial charge in [0.15, 0.2) is 5.82 Å². The monoisotopic (exact) mass is 366 g/mol. The molecule has 134 valence electrons. The van der Waals surface area contributed by atoms with Crippen molar-refractivity contribution < 1.29 is 4.79 Å². The van der Waals surface area contributed by atoms with Crippen molar-refractivity contribution in [2.75, 3.05) is 6.54 Å². The van der Waals surface area contributed by atoms with Crippen LogP contribution in [0.1, 0.15) is 35.5 Å². The molecule has 0 atom stereocenters. The van der Waals surface area contributed by atoms with Crippen LogP contribution in [0.3, 0.4) is 0 Å². The van der Waals surface area contributed by atoms with Gasteiger partial charge < -0.3 is 4.90 Å². The fraction of sp³-hybridized carbons (Fsp3) is 0.300. The summed E-state index contributed by atoms with van der Waals surface area (Å²) in [6.07, 6.45) is 5.06. The van der Waals surface area contributed by atoms with Crippen molar-refractivity contribution >= 4 is 17.2 Å². The predicted octanol–water partition coefficient (Wildman–Crippen LogP) is 4.21. The van der Waals surface area contributed by atoms with Crippen molar-refractivity contribution in [2.45, 2.75) is 27.3 Å². The summed E-state index contributed by atoms with van der Waals surface area (Å²) in [5, 5.41) is 4.11. The van der Waals surface area contributed by atoms with E-state index >= 15 is 0 Å². The minimum Gasteiger partial charge on any atom is -0.334 e. The smallest absolute Gasteiger partial charge is 0.257 e. The molecule has 0 aromatic carbocycles. The number of carbonyl (C=O) groups excluding carboxylic acids is 1. The van der Waals surface area contributed by atoms with Crippen LogP contribution >= 0.6 is 11.3 Å². The standard InChI is InChI=1S/C20H22N4OS/c1-14(2)11-24(12-16-6-8-26-13-16)20(25)18-10-22-19(23-15(18)3)17-5-4-7-21-9-17/h4-10,13-14H,11-12H2,1-3H3. The third-order valence-electron chi connectivity index (χ3n) is 3.96. The van der Waals surface area contributed by atoms with Crippen LogP contribution in [0.25, 0.3) is 11.4 Å². The molecule has 0 bridgehead atoms. The van der Waals surface area contributed by atoms with E-state index in [1.54, 1.807) is 29.9 Å². The summed E-state index contributed by atoms with van der Waals surface area (Å²) < 4.78 is 0. The number of carbonyl (C=O) groups is 1. The highest BCUT2D eigenvalue weighted by Gasteiger charge is 2.21. The van der Waals surface area contributed by atoms with Crippen LogP contribution in [0.4, 0.5) is 0 Å². The Morgan fingerprint density at radius 2 is 2.12 bits per heavy atom. The number of thiophene rings is 1. The summed E-state index contributed by atoms with van der Waals surface area (Å²) in [4.78, 5) is 28.0. The number of nitrogens with zero attached hydrogens (tertiary/aromatic N) is 4. The minimum atomic E-state index is -0.0277. The topological polar surface area (TPSA) is 59.0 Å². The maximum atomic E-state index is 13.1.